The molecule has 0 radical (unpaired) electrons. The van der Waals surface area contributed by atoms with Gasteiger partial charge in [-0.05, 0) is 6.54 Å². The van der Waals surface area contributed by atoms with Crippen molar-refractivity contribution in [1.29, 1.82) is 0 Å². The largest absolute Gasteiger partial charge is 0.378 e. The fourth-order valence-corrected chi connectivity index (χ4v) is 1.80. The Hall–Kier alpha value is -0.340. The molecule has 2 unspecified atom stereocenters. The lowest BCUT2D eigenvalue weighted by molar-refractivity contribution is -0.00259. The molecular weight excluding hydrogens is 126 g/mol. The summed E-state index contributed by atoms with van der Waals surface area (Å²) in [4.78, 5) is 2.48. The van der Waals surface area contributed by atoms with Crippen LogP contribution in [0.2, 0.25) is 0 Å². The Labute approximate surface area is 61.5 Å². The molecule has 2 heterocycles. The van der Waals surface area contributed by atoms with Crippen LogP contribution >= 0.6 is 0 Å². The van der Waals surface area contributed by atoms with Gasteiger partial charge in [0.1, 0.15) is 0 Å². The van der Waals surface area contributed by atoms with Crippen molar-refractivity contribution in [2.45, 2.75) is 19.0 Å². The van der Waals surface area contributed by atoms with Gasteiger partial charge < -0.3 is 4.74 Å². The lowest BCUT2D eigenvalue weighted by Gasteiger charge is -2.33. The quantitative estimate of drug-likeness (QED) is 0.494. The van der Waals surface area contributed by atoms with Gasteiger partial charge in [0, 0.05) is 0 Å². The third kappa shape index (κ3) is 0.796. The first kappa shape index (κ1) is 6.38. The van der Waals surface area contributed by atoms with Crippen LogP contribution in [0.4, 0.5) is 0 Å². The molecule has 0 aromatic heterocycles. The summed E-state index contributed by atoms with van der Waals surface area (Å²) in [6.45, 7) is 5.13. The molecule has 10 heavy (non-hydrogen) atoms. The average molecular weight is 139 g/mol. The minimum atomic E-state index is 0.573. The monoisotopic (exact) mass is 139 g/mol. The van der Waals surface area contributed by atoms with E-state index in [1.54, 1.807) is 0 Å². The fraction of sp³-hybridized carbons (Fsp3) is 0.750. The zero-order valence-corrected chi connectivity index (χ0v) is 6.29. The van der Waals surface area contributed by atoms with Crippen molar-refractivity contribution < 1.29 is 4.74 Å². The second kappa shape index (κ2) is 2.36. The molecule has 2 nitrogen and oxygen atoms in total. The predicted molar refractivity (Wildman–Crippen MR) is 39.9 cm³/mol. The summed E-state index contributed by atoms with van der Waals surface area (Å²) in [6, 6.07) is 1.15. The van der Waals surface area contributed by atoms with Crippen molar-refractivity contribution in [2.24, 2.45) is 0 Å². The van der Waals surface area contributed by atoms with Crippen molar-refractivity contribution in [2.75, 3.05) is 19.8 Å². The number of morpholine rings is 1. The predicted octanol–water partition coefficient (Wildman–Crippen LogP) is 0.646. The lowest BCUT2D eigenvalue weighted by Crippen LogP contribution is -2.46. The Morgan fingerprint density at radius 2 is 2.00 bits per heavy atom. The van der Waals surface area contributed by atoms with Gasteiger partial charge in [-0.15, -0.1) is 0 Å². The molecular formula is C8H13NO. The highest BCUT2D eigenvalue weighted by molar-refractivity contribution is 5.12. The summed E-state index contributed by atoms with van der Waals surface area (Å²) in [7, 11) is 0. The zero-order valence-electron chi connectivity index (χ0n) is 6.29. The Bertz CT molecular complexity index is 141. The second-order valence-corrected chi connectivity index (χ2v) is 2.89. The Kier molecular flexibility index (Phi) is 1.51. The molecule has 2 heteroatoms. The lowest BCUT2D eigenvalue weighted by atomic mass is 10.2. The van der Waals surface area contributed by atoms with Crippen molar-refractivity contribution in [3.63, 3.8) is 0 Å². The molecule has 56 valence electrons. The molecule has 2 aliphatic heterocycles. The van der Waals surface area contributed by atoms with Gasteiger partial charge >= 0.3 is 0 Å². The number of ether oxygens (including phenoxy) is 1. The van der Waals surface area contributed by atoms with Crippen LogP contribution in [0.5, 0.6) is 0 Å². The van der Waals surface area contributed by atoms with Gasteiger partial charge in [0.05, 0.1) is 25.3 Å². The Balaban J connectivity index is 2.12. The maximum atomic E-state index is 5.38. The molecule has 2 rings (SSSR count). The minimum absolute atomic E-state index is 0.573. The minimum Gasteiger partial charge on any atom is -0.378 e. The SMILES string of the molecule is CCN1C2C=CC1COC2. The van der Waals surface area contributed by atoms with Gasteiger partial charge in [0.15, 0.2) is 0 Å². The highest BCUT2D eigenvalue weighted by Gasteiger charge is 2.31. The summed E-state index contributed by atoms with van der Waals surface area (Å²) in [5.41, 5.74) is 0. The van der Waals surface area contributed by atoms with Crippen LogP contribution < -0.4 is 0 Å². The summed E-state index contributed by atoms with van der Waals surface area (Å²) in [6.07, 6.45) is 4.53. The van der Waals surface area contributed by atoms with Gasteiger partial charge in [0.25, 0.3) is 0 Å². The number of likely N-dealkylation sites (N-methyl/N-ethyl adjacent to an activating group) is 1. The highest BCUT2D eigenvalue weighted by Crippen LogP contribution is 2.21. The summed E-state index contributed by atoms with van der Waals surface area (Å²) in [5.74, 6) is 0. The maximum absolute atomic E-state index is 5.38. The van der Waals surface area contributed by atoms with E-state index in [1.165, 1.54) is 0 Å². The van der Waals surface area contributed by atoms with Crippen LogP contribution in [0.1, 0.15) is 6.92 Å². The zero-order chi connectivity index (χ0) is 6.97. The molecule has 0 saturated carbocycles. The summed E-state index contributed by atoms with van der Waals surface area (Å²) >= 11 is 0. The first-order valence-corrected chi connectivity index (χ1v) is 3.93. The third-order valence-corrected chi connectivity index (χ3v) is 2.35. The van der Waals surface area contributed by atoms with Gasteiger partial charge in [-0.1, -0.05) is 19.1 Å². The van der Waals surface area contributed by atoms with Crippen molar-refractivity contribution in [1.82, 2.24) is 4.90 Å². The first-order valence-electron chi connectivity index (χ1n) is 3.93. The van der Waals surface area contributed by atoms with E-state index in [0.29, 0.717) is 12.1 Å². The van der Waals surface area contributed by atoms with E-state index in [-0.39, 0.29) is 0 Å². The van der Waals surface area contributed by atoms with Crippen molar-refractivity contribution in [3.05, 3.63) is 12.2 Å². The van der Waals surface area contributed by atoms with Crippen LogP contribution in [0.15, 0.2) is 12.2 Å². The second-order valence-electron chi connectivity index (χ2n) is 2.89. The first-order chi connectivity index (χ1) is 4.92. The molecule has 2 atom stereocenters. The van der Waals surface area contributed by atoms with Crippen LogP contribution in [-0.2, 0) is 4.74 Å². The van der Waals surface area contributed by atoms with Crippen molar-refractivity contribution in [3.8, 4) is 0 Å². The van der Waals surface area contributed by atoms with Gasteiger partial charge in [-0.2, -0.15) is 0 Å². The Morgan fingerprint density at radius 3 is 2.40 bits per heavy atom. The van der Waals surface area contributed by atoms with Gasteiger partial charge in [-0.25, -0.2) is 0 Å². The number of fused-ring (bicyclic) bond motifs is 2. The normalized spacial score (nSPS) is 38.9. The van der Waals surface area contributed by atoms with E-state index >= 15 is 0 Å². The number of hydrogen-bond donors (Lipinski definition) is 0. The van der Waals surface area contributed by atoms with Gasteiger partial charge in [0.2, 0.25) is 0 Å². The van der Waals surface area contributed by atoms with E-state index < -0.39 is 0 Å². The van der Waals surface area contributed by atoms with Crippen LogP contribution in [0.25, 0.3) is 0 Å². The third-order valence-electron chi connectivity index (χ3n) is 2.35. The average Bonchev–Trinajstić information content (AvgIpc) is 2.19. The van der Waals surface area contributed by atoms with E-state index in [4.69, 9.17) is 4.74 Å². The highest BCUT2D eigenvalue weighted by atomic mass is 16.5. The molecule has 2 bridgehead atoms. The van der Waals surface area contributed by atoms with Crippen LogP contribution in [0.3, 0.4) is 0 Å². The Morgan fingerprint density at radius 1 is 1.40 bits per heavy atom. The topological polar surface area (TPSA) is 12.5 Å². The van der Waals surface area contributed by atoms with Gasteiger partial charge in [-0.3, -0.25) is 4.90 Å². The maximum Gasteiger partial charge on any atom is 0.0658 e. The van der Waals surface area contributed by atoms with E-state index in [1.807, 2.05) is 0 Å². The van der Waals surface area contributed by atoms with Crippen LogP contribution in [-0.4, -0.2) is 36.7 Å². The molecule has 1 fully saturated rings. The molecule has 0 spiro atoms. The van der Waals surface area contributed by atoms with E-state index in [2.05, 4.69) is 24.0 Å². The molecule has 0 amide bonds. The molecule has 2 aliphatic rings. The molecule has 0 N–H and O–H groups in total. The smallest absolute Gasteiger partial charge is 0.0658 e. The van der Waals surface area contributed by atoms with Crippen LogP contribution in [0, 0.1) is 0 Å². The number of nitrogens with zero attached hydrogens (tertiary/aromatic N) is 1. The molecule has 0 aromatic carbocycles. The molecule has 1 saturated heterocycles. The summed E-state index contributed by atoms with van der Waals surface area (Å²) in [5, 5.41) is 0. The fourth-order valence-electron chi connectivity index (χ4n) is 1.80. The number of rotatable bonds is 1. The summed E-state index contributed by atoms with van der Waals surface area (Å²) < 4.78 is 5.38. The molecule has 0 aromatic rings. The van der Waals surface area contributed by atoms with E-state index in [0.717, 1.165) is 19.8 Å². The molecule has 0 aliphatic carbocycles. The number of hydrogen-bond acceptors (Lipinski definition) is 2. The van der Waals surface area contributed by atoms with E-state index in [9.17, 15) is 0 Å². The van der Waals surface area contributed by atoms with Crippen molar-refractivity contribution >= 4 is 0 Å². The standard InChI is InChI=1S/C8H13NO/c1-2-9-7-3-4-8(9)6-10-5-7/h3-4,7-8H,2,5-6H2,1H3.